The smallest absolute Gasteiger partial charge is 0.311 e. The SMILES string of the molecule is CNc1ccc([N+](=O)[O-])c(Nc2cc(C)cc(Br)c2)n1. The number of nitrogens with one attached hydrogen (secondary N) is 2. The van der Waals surface area contributed by atoms with Crippen LogP contribution in [0, 0.1) is 17.0 Å². The molecule has 0 aliphatic rings. The number of anilines is 3. The van der Waals surface area contributed by atoms with Crippen LogP contribution >= 0.6 is 15.9 Å². The molecule has 0 radical (unpaired) electrons. The van der Waals surface area contributed by atoms with Crippen LogP contribution in [0.4, 0.5) is 23.0 Å². The monoisotopic (exact) mass is 336 g/mol. The number of rotatable bonds is 4. The zero-order valence-corrected chi connectivity index (χ0v) is 12.6. The van der Waals surface area contributed by atoms with E-state index in [4.69, 9.17) is 0 Å². The van der Waals surface area contributed by atoms with Gasteiger partial charge in [-0.25, -0.2) is 4.98 Å². The van der Waals surface area contributed by atoms with Gasteiger partial charge in [-0.2, -0.15) is 0 Å². The number of aryl methyl sites for hydroxylation is 1. The predicted octanol–water partition coefficient (Wildman–Crippen LogP) is 3.85. The number of halogens is 1. The van der Waals surface area contributed by atoms with E-state index in [0.29, 0.717) is 5.82 Å². The second-order valence-corrected chi connectivity index (χ2v) is 5.13. The fourth-order valence-corrected chi connectivity index (χ4v) is 2.38. The van der Waals surface area contributed by atoms with Crippen LogP contribution in [-0.2, 0) is 0 Å². The van der Waals surface area contributed by atoms with Gasteiger partial charge in [0.15, 0.2) is 0 Å². The topological polar surface area (TPSA) is 80.1 Å². The van der Waals surface area contributed by atoms with Crippen LogP contribution < -0.4 is 10.6 Å². The Morgan fingerprint density at radius 2 is 2.05 bits per heavy atom. The Labute approximate surface area is 124 Å². The Hall–Kier alpha value is -2.15. The lowest BCUT2D eigenvalue weighted by molar-refractivity contribution is -0.384. The van der Waals surface area contributed by atoms with Crippen molar-refractivity contribution in [3.63, 3.8) is 0 Å². The standard InChI is InChI=1S/C13H13BrN4O2/c1-8-5-9(14)7-10(6-8)16-13-11(18(19)20)3-4-12(15-2)17-13/h3-7H,1-2H3,(H2,15,16,17). The molecule has 6 nitrogen and oxygen atoms in total. The fraction of sp³-hybridized carbons (Fsp3) is 0.154. The van der Waals surface area contributed by atoms with Crippen LogP contribution in [0.3, 0.4) is 0 Å². The highest BCUT2D eigenvalue weighted by atomic mass is 79.9. The summed E-state index contributed by atoms with van der Waals surface area (Å²) in [5.74, 6) is 0.768. The van der Waals surface area contributed by atoms with E-state index in [1.54, 1.807) is 13.1 Å². The van der Waals surface area contributed by atoms with Gasteiger partial charge in [0.2, 0.25) is 5.82 Å². The molecule has 0 unspecified atom stereocenters. The predicted molar refractivity (Wildman–Crippen MR) is 82.6 cm³/mol. The third-order valence-electron chi connectivity index (χ3n) is 2.63. The Bertz CT molecular complexity index is 641. The molecule has 2 aromatic rings. The lowest BCUT2D eigenvalue weighted by atomic mass is 10.2. The molecule has 104 valence electrons. The number of hydrogen-bond acceptors (Lipinski definition) is 5. The summed E-state index contributed by atoms with van der Waals surface area (Å²) in [6.07, 6.45) is 0. The number of nitrogens with zero attached hydrogens (tertiary/aromatic N) is 2. The molecule has 7 heteroatoms. The molecule has 2 N–H and O–H groups in total. The molecule has 0 atom stereocenters. The average molecular weight is 337 g/mol. The van der Waals surface area contributed by atoms with Crippen molar-refractivity contribution in [2.75, 3.05) is 17.7 Å². The number of hydrogen-bond donors (Lipinski definition) is 2. The minimum atomic E-state index is -0.459. The van der Waals surface area contributed by atoms with Crippen LogP contribution in [0.1, 0.15) is 5.56 Å². The summed E-state index contributed by atoms with van der Waals surface area (Å²) in [4.78, 5) is 14.8. The van der Waals surface area contributed by atoms with Gasteiger partial charge < -0.3 is 10.6 Å². The molecule has 0 spiro atoms. The highest BCUT2D eigenvalue weighted by Gasteiger charge is 2.16. The summed E-state index contributed by atoms with van der Waals surface area (Å²) in [6, 6.07) is 8.67. The van der Waals surface area contributed by atoms with E-state index in [1.807, 2.05) is 25.1 Å². The molecule has 0 saturated heterocycles. The highest BCUT2D eigenvalue weighted by molar-refractivity contribution is 9.10. The quantitative estimate of drug-likeness (QED) is 0.654. The number of pyridine rings is 1. The number of aromatic nitrogens is 1. The third-order valence-corrected chi connectivity index (χ3v) is 3.09. The molecule has 0 fully saturated rings. The number of benzene rings is 1. The normalized spacial score (nSPS) is 10.2. The van der Waals surface area contributed by atoms with E-state index < -0.39 is 4.92 Å². The number of nitro groups is 1. The van der Waals surface area contributed by atoms with Crippen LogP contribution in [0.25, 0.3) is 0 Å². The third kappa shape index (κ3) is 3.24. The highest BCUT2D eigenvalue weighted by Crippen LogP contribution is 2.28. The zero-order chi connectivity index (χ0) is 14.7. The van der Waals surface area contributed by atoms with E-state index in [1.165, 1.54) is 6.07 Å². The summed E-state index contributed by atoms with van der Waals surface area (Å²) < 4.78 is 0.896. The molecule has 2 rings (SSSR count). The molecule has 1 aromatic carbocycles. The minimum Gasteiger partial charge on any atom is -0.373 e. The van der Waals surface area contributed by atoms with Gasteiger partial charge in [0.05, 0.1) is 4.92 Å². The van der Waals surface area contributed by atoms with Gasteiger partial charge in [0.25, 0.3) is 0 Å². The van der Waals surface area contributed by atoms with Gasteiger partial charge in [-0.1, -0.05) is 15.9 Å². The molecule has 1 heterocycles. The van der Waals surface area contributed by atoms with Gasteiger partial charge in [-0.05, 0) is 36.8 Å². The second-order valence-electron chi connectivity index (χ2n) is 4.21. The van der Waals surface area contributed by atoms with Crippen molar-refractivity contribution in [3.8, 4) is 0 Å². The largest absolute Gasteiger partial charge is 0.373 e. The average Bonchev–Trinajstić information content (AvgIpc) is 2.37. The van der Waals surface area contributed by atoms with E-state index in [0.717, 1.165) is 15.7 Å². The van der Waals surface area contributed by atoms with Crippen LogP contribution in [0.2, 0.25) is 0 Å². The summed E-state index contributed by atoms with van der Waals surface area (Å²) in [5.41, 5.74) is 1.71. The van der Waals surface area contributed by atoms with Gasteiger partial charge in [0.1, 0.15) is 5.82 Å². The van der Waals surface area contributed by atoms with Crippen LogP contribution in [-0.4, -0.2) is 17.0 Å². The van der Waals surface area contributed by atoms with Crippen molar-refractivity contribution in [1.82, 2.24) is 4.98 Å². The van der Waals surface area contributed by atoms with Gasteiger partial charge in [0, 0.05) is 23.3 Å². The van der Waals surface area contributed by atoms with E-state index in [9.17, 15) is 10.1 Å². The summed E-state index contributed by atoms with van der Waals surface area (Å²) in [5, 5.41) is 16.9. The molecule has 0 aliphatic heterocycles. The summed E-state index contributed by atoms with van der Waals surface area (Å²) in [6.45, 7) is 1.95. The first-order valence-electron chi connectivity index (χ1n) is 5.87. The van der Waals surface area contributed by atoms with E-state index in [2.05, 4.69) is 31.5 Å². The fourth-order valence-electron chi connectivity index (χ4n) is 1.78. The molecule has 0 saturated carbocycles. The minimum absolute atomic E-state index is 0.0679. The lowest BCUT2D eigenvalue weighted by Gasteiger charge is -2.09. The van der Waals surface area contributed by atoms with Gasteiger partial charge in [-0.15, -0.1) is 0 Å². The van der Waals surface area contributed by atoms with Crippen molar-refractivity contribution in [1.29, 1.82) is 0 Å². The Kier molecular flexibility index (Phi) is 4.19. The molecule has 1 aromatic heterocycles. The molecule has 0 aliphatic carbocycles. The lowest BCUT2D eigenvalue weighted by Crippen LogP contribution is -2.02. The molecular formula is C13H13BrN4O2. The zero-order valence-electron chi connectivity index (χ0n) is 11.0. The van der Waals surface area contributed by atoms with Crippen LogP contribution in [0.15, 0.2) is 34.8 Å². The molecule has 0 amide bonds. The van der Waals surface area contributed by atoms with Gasteiger partial charge >= 0.3 is 5.69 Å². The van der Waals surface area contributed by atoms with Gasteiger partial charge in [-0.3, -0.25) is 10.1 Å². The summed E-state index contributed by atoms with van der Waals surface area (Å²) in [7, 11) is 1.71. The van der Waals surface area contributed by atoms with E-state index >= 15 is 0 Å². The maximum atomic E-state index is 11.0. The van der Waals surface area contributed by atoms with Crippen molar-refractivity contribution >= 4 is 38.9 Å². The van der Waals surface area contributed by atoms with Crippen molar-refractivity contribution in [2.45, 2.75) is 6.92 Å². The van der Waals surface area contributed by atoms with E-state index in [-0.39, 0.29) is 11.5 Å². The Morgan fingerprint density at radius 3 is 2.65 bits per heavy atom. The Morgan fingerprint density at radius 1 is 1.30 bits per heavy atom. The second kappa shape index (κ2) is 5.87. The van der Waals surface area contributed by atoms with Crippen molar-refractivity contribution in [2.24, 2.45) is 0 Å². The molecular weight excluding hydrogens is 324 g/mol. The maximum absolute atomic E-state index is 11.0. The maximum Gasteiger partial charge on any atom is 0.311 e. The molecule has 20 heavy (non-hydrogen) atoms. The summed E-state index contributed by atoms with van der Waals surface area (Å²) >= 11 is 3.40. The van der Waals surface area contributed by atoms with Crippen molar-refractivity contribution < 1.29 is 4.92 Å². The first-order valence-corrected chi connectivity index (χ1v) is 6.66. The molecule has 0 bridgehead atoms. The first-order chi connectivity index (χ1) is 9.49. The first kappa shape index (κ1) is 14.3. The Balaban J connectivity index is 2.42. The van der Waals surface area contributed by atoms with Crippen LogP contribution in [0.5, 0.6) is 0 Å². The van der Waals surface area contributed by atoms with Crippen molar-refractivity contribution in [3.05, 3.63) is 50.5 Å².